The predicted molar refractivity (Wildman–Crippen MR) is 130 cm³/mol. The fourth-order valence-electron chi connectivity index (χ4n) is 3.92. The molecule has 0 unspecified atom stereocenters. The molecule has 0 aliphatic carbocycles. The second-order valence-electron chi connectivity index (χ2n) is 7.94. The molecule has 0 saturated carbocycles. The van der Waals surface area contributed by atoms with Gasteiger partial charge in [0, 0.05) is 36.1 Å². The summed E-state index contributed by atoms with van der Waals surface area (Å²) >= 11 is 6.30. The number of carbonyl (C=O) groups excluding carboxylic acids is 3. The maximum Gasteiger partial charge on any atom is 0.355 e. The maximum atomic E-state index is 13.6. The molecule has 3 rings (SSSR count). The van der Waals surface area contributed by atoms with Crippen LogP contribution in [-0.2, 0) is 11.2 Å². The van der Waals surface area contributed by atoms with Gasteiger partial charge in [-0.3, -0.25) is 14.6 Å². The molecular weight excluding hydrogens is 454 g/mol. The summed E-state index contributed by atoms with van der Waals surface area (Å²) in [6.07, 6.45) is 2.15. The summed E-state index contributed by atoms with van der Waals surface area (Å²) < 4.78 is 5.09. The van der Waals surface area contributed by atoms with Crippen molar-refractivity contribution in [1.29, 1.82) is 0 Å². The Morgan fingerprint density at radius 2 is 1.82 bits per heavy atom. The summed E-state index contributed by atoms with van der Waals surface area (Å²) in [6, 6.07) is 11.5. The molecule has 0 aliphatic rings. The van der Waals surface area contributed by atoms with Gasteiger partial charge in [-0.1, -0.05) is 29.8 Å². The monoisotopic (exact) mass is 481 g/mol. The molecule has 1 atom stereocenters. The van der Waals surface area contributed by atoms with Gasteiger partial charge < -0.3 is 14.6 Å². The number of hydrogen-bond donors (Lipinski definition) is 1. The topological polar surface area (TPSA) is 92.4 Å². The van der Waals surface area contributed by atoms with Gasteiger partial charge in [0.2, 0.25) is 0 Å². The van der Waals surface area contributed by atoms with Gasteiger partial charge in [0.05, 0.1) is 23.2 Å². The lowest BCUT2D eigenvalue weighted by atomic mass is 9.99. The summed E-state index contributed by atoms with van der Waals surface area (Å²) in [5.74, 6) is -1.14. The normalized spacial score (nSPS) is 11.7. The highest BCUT2D eigenvalue weighted by Gasteiger charge is 2.32. The van der Waals surface area contributed by atoms with Crippen LogP contribution in [0.2, 0.25) is 5.02 Å². The molecule has 0 spiro atoms. The molecule has 0 saturated heterocycles. The summed E-state index contributed by atoms with van der Waals surface area (Å²) in [5.41, 5.74) is 2.80. The number of carbonyl (C=O) groups is 3. The number of aromatic amines is 1. The van der Waals surface area contributed by atoms with Crippen LogP contribution in [-0.4, -0.2) is 51.7 Å². The lowest BCUT2D eigenvalue weighted by Gasteiger charge is -2.29. The first kappa shape index (κ1) is 25.2. The van der Waals surface area contributed by atoms with E-state index in [1.807, 2.05) is 18.2 Å². The van der Waals surface area contributed by atoms with Crippen molar-refractivity contribution in [2.24, 2.45) is 0 Å². The Morgan fingerprint density at radius 3 is 2.47 bits per heavy atom. The highest BCUT2D eigenvalue weighted by molar-refractivity contribution is 6.33. The molecule has 7 nitrogen and oxygen atoms in total. The standard InChI is InChI=1S/C26H28ClN3O4/c1-5-34-26(33)23-16(2)22(17(3)29-23)24(31)18(4)30(15-13-19-10-8-9-14-28-19)25(32)20-11-6-7-12-21(20)27/h6-12,14,18,29H,5,13,15H2,1-4H3/t18-/m1/s1. The summed E-state index contributed by atoms with van der Waals surface area (Å²) in [4.78, 5) is 48.3. The maximum absolute atomic E-state index is 13.6. The van der Waals surface area contributed by atoms with Crippen LogP contribution < -0.4 is 0 Å². The van der Waals surface area contributed by atoms with Crippen LogP contribution in [0.1, 0.15) is 62.0 Å². The van der Waals surface area contributed by atoms with Gasteiger partial charge >= 0.3 is 5.97 Å². The van der Waals surface area contributed by atoms with Crippen molar-refractivity contribution in [3.8, 4) is 0 Å². The zero-order valence-electron chi connectivity index (χ0n) is 19.7. The lowest BCUT2D eigenvalue weighted by molar-refractivity contribution is 0.0518. The van der Waals surface area contributed by atoms with Crippen LogP contribution in [0.4, 0.5) is 0 Å². The molecule has 3 aromatic rings. The van der Waals surface area contributed by atoms with E-state index in [2.05, 4.69) is 9.97 Å². The van der Waals surface area contributed by atoms with Crippen molar-refractivity contribution >= 4 is 29.3 Å². The number of hydrogen-bond acceptors (Lipinski definition) is 5. The lowest BCUT2D eigenvalue weighted by Crippen LogP contribution is -2.44. The predicted octanol–water partition coefficient (Wildman–Crippen LogP) is 4.81. The number of benzene rings is 1. The van der Waals surface area contributed by atoms with Crippen LogP contribution in [0.5, 0.6) is 0 Å². The summed E-state index contributed by atoms with van der Waals surface area (Å²) in [7, 11) is 0. The number of nitrogens with zero attached hydrogens (tertiary/aromatic N) is 2. The van der Waals surface area contributed by atoms with Gasteiger partial charge in [0.1, 0.15) is 5.69 Å². The van der Waals surface area contributed by atoms with Gasteiger partial charge in [-0.2, -0.15) is 0 Å². The van der Waals surface area contributed by atoms with E-state index in [-0.39, 0.29) is 30.5 Å². The fourth-order valence-corrected chi connectivity index (χ4v) is 4.14. The van der Waals surface area contributed by atoms with Crippen molar-refractivity contribution in [3.05, 3.63) is 87.5 Å². The van der Waals surface area contributed by atoms with Gasteiger partial charge in [0.25, 0.3) is 5.91 Å². The number of Topliss-reactive ketones (excluding diaryl/α,β-unsaturated/α-hetero) is 1. The number of ketones is 1. The molecular formula is C26H28ClN3O4. The Morgan fingerprint density at radius 1 is 1.12 bits per heavy atom. The minimum Gasteiger partial charge on any atom is -0.461 e. The van der Waals surface area contributed by atoms with Gasteiger partial charge in [0.15, 0.2) is 5.78 Å². The number of pyridine rings is 1. The number of aromatic nitrogens is 2. The number of rotatable bonds is 9. The first-order valence-electron chi connectivity index (χ1n) is 11.1. The van der Waals surface area contributed by atoms with Crippen molar-refractivity contribution in [2.45, 2.75) is 40.2 Å². The van der Waals surface area contributed by atoms with Crippen LogP contribution in [0.3, 0.4) is 0 Å². The number of esters is 1. The van der Waals surface area contributed by atoms with Crippen molar-refractivity contribution in [3.63, 3.8) is 0 Å². The smallest absolute Gasteiger partial charge is 0.355 e. The van der Waals surface area contributed by atoms with E-state index in [0.29, 0.717) is 33.8 Å². The average molecular weight is 482 g/mol. The molecule has 0 bridgehead atoms. The Kier molecular flexibility index (Phi) is 8.23. The molecule has 8 heteroatoms. The molecule has 1 amide bonds. The largest absolute Gasteiger partial charge is 0.461 e. The third-order valence-corrected chi connectivity index (χ3v) is 6.04. The quantitative estimate of drug-likeness (QED) is 0.349. The van der Waals surface area contributed by atoms with Crippen LogP contribution in [0, 0.1) is 13.8 Å². The zero-order valence-corrected chi connectivity index (χ0v) is 20.5. The van der Waals surface area contributed by atoms with Crippen LogP contribution in [0.15, 0.2) is 48.7 Å². The number of amides is 1. The molecule has 1 N–H and O–H groups in total. The van der Waals surface area contributed by atoms with Crippen molar-refractivity contribution in [1.82, 2.24) is 14.9 Å². The third kappa shape index (κ3) is 5.37. The third-order valence-electron chi connectivity index (χ3n) is 5.71. The first-order valence-corrected chi connectivity index (χ1v) is 11.5. The van der Waals surface area contributed by atoms with Crippen molar-refractivity contribution in [2.75, 3.05) is 13.2 Å². The van der Waals surface area contributed by atoms with E-state index < -0.39 is 12.0 Å². The Hall–Kier alpha value is -3.45. The first-order chi connectivity index (χ1) is 16.3. The SMILES string of the molecule is CCOC(=O)c1[nH]c(C)c(C(=O)[C@@H](C)N(CCc2ccccn2)C(=O)c2ccccc2Cl)c1C. The van der Waals surface area contributed by atoms with Gasteiger partial charge in [-0.15, -0.1) is 0 Å². The molecule has 0 aliphatic heterocycles. The van der Waals surface area contributed by atoms with E-state index in [4.69, 9.17) is 16.3 Å². The number of ether oxygens (including phenoxy) is 1. The van der Waals surface area contributed by atoms with E-state index in [9.17, 15) is 14.4 Å². The second-order valence-corrected chi connectivity index (χ2v) is 8.34. The average Bonchev–Trinajstić information content (AvgIpc) is 3.13. The Bertz CT molecular complexity index is 1190. The fraction of sp³-hybridized carbons (Fsp3) is 0.308. The molecule has 1 aromatic carbocycles. The van der Waals surface area contributed by atoms with Crippen LogP contribution in [0.25, 0.3) is 0 Å². The highest BCUT2D eigenvalue weighted by atomic mass is 35.5. The minimum absolute atomic E-state index is 0.226. The number of aryl methyl sites for hydroxylation is 1. The molecule has 178 valence electrons. The summed E-state index contributed by atoms with van der Waals surface area (Å²) in [6.45, 7) is 7.32. The Labute approximate surface area is 204 Å². The molecule has 2 heterocycles. The highest BCUT2D eigenvalue weighted by Crippen LogP contribution is 2.24. The molecule has 0 radical (unpaired) electrons. The molecule has 34 heavy (non-hydrogen) atoms. The summed E-state index contributed by atoms with van der Waals surface area (Å²) in [5, 5.41) is 0.314. The van der Waals surface area contributed by atoms with E-state index in [1.54, 1.807) is 58.2 Å². The molecule has 0 fully saturated rings. The van der Waals surface area contributed by atoms with Crippen LogP contribution >= 0.6 is 11.6 Å². The number of nitrogens with one attached hydrogen (secondary N) is 1. The number of halogens is 1. The molecule has 2 aromatic heterocycles. The second kappa shape index (κ2) is 11.1. The number of H-pyrrole nitrogens is 1. The van der Waals surface area contributed by atoms with Gasteiger partial charge in [-0.25, -0.2) is 4.79 Å². The van der Waals surface area contributed by atoms with E-state index in [0.717, 1.165) is 5.69 Å². The zero-order chi connectivity index (χ0) is 24.8. The minimum atomic E-state index is -0.810. The van der Waals surface area contributed by atoms with E-state index in [1.165, 1.54) is 4.90 Å². The Balaban J connectivity index is 1.95. The van der Waals surface area contributed by atoms with Crippen molar-refractivity contribution < 1.29 is 19.1 Å². The van der Waals surface area contributed by atoms with E-state index >= 15 is 0 Å². The van der Waals surface area contributed by atoms with Gasteiger partial charge in [-0.05, 0) is 57.5 Å².